The first-order chi connectivity index (χ1) is 16.5. The zero-order valence-electron chi connectivity index (χ0n) is 19.1. The fourth-order valence-corrected chi connectivity index (χ4v) is 3.90. The minimum absolute atomic E-state index is 0.187. The topological polar surface area (TPSA) is 97.4 Å². The third-order valence-corrected chi connectivity index (χ3v) is 5.77. The lowest BCUT2D eigenvalue weighted by atomic mass is 9.98. The van der Waals surface area contributed by atoms with E-state index in [1.807, 2.05) is 42.7 Å². The van der Waals surface area contributed by atoms with Gasteiger partial charge in [0, 0.05) is 23.6 Å². The van der Waals surface area contributed by atoms with Gasteiger partial charge in [-0.2, -0.15) is 11.8 Å². The molecule has 0 spiro atoms. The monoisotopic (exact) mass is 477 g/mol. The van der Waals surface area contributed by atoms with E-state index in [9.17, 15) is 14.4 Å². The highest BCUT2D eigenvalue weighted by molar-refractivity contribution is 7.98. The van der Waals surface area contributed by atoms with Crippen LogP contribution in [0.25, 0.3) is 11.1 Å². The number of carbonyl (C=O) groups is 3. The van der Waals surface area contributed by atoms with Crippen molar-refractivity contribution < 1.29 is 19.1 Å². The first-order valence-electron chi connectivity index (χ1n) is 10.8. The summed E-state index contributed by atoms with van der Waals surface area (Å²) in [7, 11) is 1.30. The number of carbonyl (C=O) groups excluding carboxylic acids is 3. The fraction of sp³-hybridized carbons (Fsp3) is 0.231. The fourth-order valence-electron chi connectivity index (χ4n) is 3.43. The second-order valence-electron chi connectivity index (χ2n) is 7.54. The summed E-state index contributed by atoms with van der Waals surface area (Å²) in [4.78, 5) is 41.9. The van der Waals surface area contributed by atoms with Gasteiger partial charge >= 0.3 is 5.97 Å². The summed E-state index contributed by atoms with van der Waals surface area (Å²) >= 11 is 1.59. The minimum atomic E-state index is -0.743. The predicted octanol–water partition coefficient (Wildman–Crippen LogP) is 3.95. The summed E-state index contributed by atoms with van der Waals surface area (Å²) in [5.74, 6) is -0.355. The van der Waals surface area contributed by atoms with Gasteiger partial charge in [0.05, 0.1) is 13.5 Å². The van der Waals surface area contributed by atoms with Gasteiger partial charge in [-0.3, -0.25) is 14.6 Å². The number of nitrogens with one attached hydrogen (secondary N) is 2. The van der Waals surface area contributed by atoms with Gasteiger partial charge in [0.25, 0.3) is 5.91 Å². The van der Waals surface area contributed by atoms with E-state index in [0.717, 1.165) is 11.1 Å². The van der Waals surface area contributed by atoms with Crippen molar-refractivity contribution in [3.63, 3.8) is 0 Å². The van der Waals surface area contributed by atoms with Crippen LogP contribution >= 0.6 is 11.8 Å². The van der Waals surface area contributed by atoms with E-state index in [0.29, 0.717) is 29.0 Å². The van der Waals surface area contributed by atoms with E-state index in [2.05, 4.69) is 15.6 Å². The first kappa shape index (κ1) is 25.0. The Morgan fingerprint density at radius 1 is 1.06 bits per heavy atom. The maximum Gasteiger partial charge on any atom is 0.328 e. The number of amides is 2. The second-order valence-corrected chi connectivity index (χ2v) is 8.53. The Kier molecular flexibility index (Phi) is 9.22. The average Bonchev–Trinajstić information content (AvgIpc) is 2.87. The number of methoxy groups -OCH3 is 1. The lowest BCUT2D eigenvalue weighted by Crippen LogP contribution is -2.42. The van der Waals surface area contributed by atoms with Crippen LogP contribution in [-0.2, 0) is 20.7 Å². The lowest BCUT2D eigenvalue weighted by Gasteiger charge is -2.18. The summed E-state index contributed by atoms with van der Waals surface area (Å²) in [6.07, 6.45) is 5.89. The van der Waals surface area contributed by atoms with Crippen LogP contribution in [-0.4, -0.2) is 47.9 Å². The van der Waals surface area contributed by atoms with Gasteiger partial charge in [-0.1, -0.05) is 36.4 Å². The van der Waals surface area contributed by atoms with Crippen molar-refractivity contribution in [2.45, 2.75) is 18.9 Å². The molecule has 0 aliphatic carbocycles. The maximum atomic E-state index is 13.2. The number of pyridine rings is 1. The number of benzene rings is 2. The van der Waals surface area contributed by atoms with Gasteiger partial charge < -0.3 is 15.4 Å². The Labute approximate surface area is 203 Å². The molecule has 34 heavy (non-hydrogen) atoms. The number of esters is 1. The Balaban J connectivity index is 1.86. The van der Waals surface area contributed by atoms with Crippen LogP contribution in [0.3, 0.4) is 0 Å². The quantitative estimate of drug-likeness (QED) is 0.429. The molecule has 7 nitrogen and oxygen atoms in total. The SMILES string of the molecule is COC(=O)[C@H](CCSC)NC(=O)c1ccc(NC(=O)Cc2cccnc2)cc1-c1ccccc1. The zero-order valence-corrected chi connectivity index (χ0v) is 19.9. The zero-order chi connectivity index (χ0) is 24.3. The van der Waals surface area contributed by atoms with Crippen LogP contribution in [0, 0.1) is 0 Å². The number of aromatic nitrogens is 1. The van der Waals surface area contributed by atoms with E-state index in [1.165, 1.54) is 7.11 Å². The van der Waals surface area contributed by atoms with Gasteiger partial charge in [0.1, 0.15) is 6.04 Å². The smallest absolute Gasteiger partial charge is 0.328 e. The normalized spacial score (nSPS) is 11.4. The highest BCUT2D eigenvalue weighted by Crippen LogP contribution is 2.27. The molecule has 0 radical (unpaired) electrons. The molecule has 2 amide bonds. The first-order valence-corrected chi connectivity index (χ1v) is 12.2. The largest absolute Gasteiger partial charge is 0.467 e. The van der Waals surface area contributed by atoms with E-state index in [-0.39, 0.29) is 18.2 Å². The van der Waals surface area contributed by atoms with E-state index >= 15 is 0 Å². The molecule has 176 valence electrons. The van der Waals surface area contributed by atoms with Crippen molar-refractivity contribution in [2.24, 2.45) is 0 Å². The molecule has 2 N–H and O–H groups in total. The molecule has 0 aliphatic heterocycles. The number of ether oxygens (including phenoxy) is 1. The van der Waals surface area contributed by atoms with Crippen LogP contribution < -0.4 is 10.6 Å². The van der Waals surface area contributed by atoms with E-state index in [1.54, 1.807) is 48.4 Å². The molecule has 1 aromatic heterocycles. The van der Waals surface area contributed by atoms with Gasteiger partial charge in [-0.25, -0.2) is 4.79 Å². The molecule has 0 saturated heterocycles. The van der Waals surface area contributed by atoms with Crippen molar-refractivity contribution >= 4 is 35.2 Å². The van der Waals surface area contributed by atoms with Gasteiger partial charge in [-0.15, -0.1) is 0 Å². The third-order valence-electron chi connectivity index (χ3n) is 5.12. The highest BCUT2D eigenvalue weighted by atomic mass is 32.2. The van der Waals surface area contributed by atoms with Crippen molar-refractivity contribution in [1.82, 2.24) is 10.3 Å². The third kappa shape index (κ3) is 6.92. The molecule has 1 heterocycles. The molecule has 0 fully saturated rings. The molecule has 1 atom stereocenters. The van der Waals surface area contributed by atoms with Crippen LogP contribution in [0.5, 0.6) is 0 Å². The highest BCUT2D eigenvalue weighted by Gasteiger charge is 2.23. The summed E-state index contributed by atoms with van der Waals surface area (Å²) in [6, 6.07) is 17.4. The Morgan fingerprint density at radius 2 is 1.85 bits per heavy atom. The minimum Gasteiger partial charge on any atom is -0.467 e. The standard InChI is InChI=1S/C26H27N3O4S/c1-33-26(32)23(12-14-34-2)29-25(31)21-11-10-20(16-22(21)19-8-4-3-5-9-19)28-24(30)15-18-7-6-13-27-17-18/h3-11,13,16-17,23H,12,14-15H2,1-2H3,(H,28,30)(H,29,31)/t23-/m0/s1. The molecule has 0 bridgehead atoms. The van der Waals surface area contributed by atoms with Gasteiger partial charge in [0.2, 0.25) is 5.91 Å². The number of anilines is 1. The number of thioether (sulfide) groups is 1. The number of hydrogen-bond donors (Lipinski definition) is 2. The van der Waals surface area contributed by atoms with Crippen molar-refractivity contribution in [1.29, 1.82) is 0 Å². The van der Waals surface area contributed by atoms with E-state index < -0.39 is 12.0 Å². The lowest BCUT2D eigenvalue weighted by molar-refractivity contribution is -0.142. The molecule has 3 rings (SSSR count). The maximum absolute atomic E-state index is 13.2. The van der Waals surface area contributed by atoms with Crippen LogP contribution in [0.4, 0.5) is 5.69 Å². The van der Waals surface area contributed by atoms with Crippen molar-refractivity contribution in [3.8, 4) is 11.1 Å². The van der Waals surface area contributed by atoms with Crippen molar-refractivity contribution in [2.75, 3.05) is 24.4 Å². The van der Waals surface area contributed by atoms with Crippen LogP contribution in [0.15, 0.2) is 73.1 Å². The summed E-state index contributed by atoms with van der Waals surface area (Å²) in [6.45, 7) is 0. The van der Waals surface area contributed by atoms with Gasteiger partial charge in [-0.05, 0) is 59.4 Å². The summed E-state index contributed by atoms with van der Waals surface area (Å²) in [5, 5.41) is 5.69. The second kappa shape index (κ2) is 12.6. The number of nitrogens with zero attached hydrogens (tertiary/aromatic N) is 1. The Morgan fingerprint density at radius 3 is 2.53 bits per heavy atom. The van der Waals surface area contributed by atoms with E-state index in [4.69, 9.17) is 4.74 Å². The number of hydrogen-bond acceptors (Lipinski definition) is 6. The molecule has 0 unspecified atom stereocenters. The number of rotatable bonds is 10. The molecular formula is C26H27N3O4S. The average molecular weight is 478 g/mol. The molecule has 2 aromatic carbocycles. The molecule has 0 saturated carbocycles. The summed E-state index contributed by atoms with van der Waals surface area (Å²) in [5.41, 5.74) is 3.23. The van der Waals surface area contributed by atoms with Crippen LogP contribution in [0.1, 0.15) is 22.3 Å². The molecule has 0 aliphatic rings. The Hall–Kier alpha value is -3.65. The molecular weight excluding hydrogens is 450 g/mol. The predicted molar refractivity (Wildman–Crippen MR) is 135 cm³/mol. The van der Waals surface area contributed by atoms with Gasteiger partial charge in [0.15, 0.2) is 0 Å². The molecule has 3 aromatic rings. The van der Waals surface area contributed by atoms with Crippen molar-refractivity contribution in [3.05, 3.63) is 84.2 Å². The molecule has 8 heteroatoms. The van der Waals surface area contributed by atoms with Crippen LogP contribution in [0.2, 0.25) is 0 Å². The Bertz CT molecular complexity index is 1120. The summed E-state index contributed by atoms with van der Waals surface area (Å²) < 4.78 is 4.86.